The number of carbonyl (C=O) groups excluding carboxylic acids is 1. The molecule has 1 aromatic carbocycles. The normalized spacial score (nSPS) is 22.3. The molecule has 5 rings (SSSR count). The first-order chi connectivity index (χ1) is 16.3. The van der Waals surface area contributed by atoms with Crippen LogP contribution >= 0.6 is 11.8 Å². The predicted molar refractivity (Wildman–Crippen MR) is 140 cm³/mol. The lowest BCUT2D eigenvalue weighted by molar-refractivity contribution is -0.124. The van der Waals surface area contributed by atoms with Crippen LogP contribution in [0.2, 0.25) is 0 Å². The number of hydrogen-bond acceptors (Lipinski definition) is 7. The predicted octanol–water partition coefficient (Wildman–Crippen LogP) is 2.75. The number of thioether (sulfide) groups is 1. The van der Waals surface area contributed by atoms with Gasteiger partial charge >= 0.3 is 0 Å². The summed E-state index contributed by atoms with van der Waals surface area (Å²) >= 11 is 1.76. The van der Waals surface area contributed by atoms with Crippen molar-refractivity contribution >= 4 is 49.1 Å². The first-order valence-corrected chi connectivity index (χ1v) is 15.2. The standard InChI is InChI=1S/C24H33N5O3S2/c1-34(31,32)15-16-10-17-12-21(28-23(17)20(11-16)26-18-4-2-3-5-18)24-27-19(14-33-24)6-8-29-9-7-25-22(30)13-29/h10-12,18-19,26,28H,2-9,13-15H2,1H3,(H,25,30)/t19-/m0/s1. The number of aliphatic imine (C=N–C) groups is 1. The summed E-state index contributed by atoms with van der Waals surface area (Å²) in [6, 6.07) is 6.75. The fraction of sp³-hybridized carbons (Fsp3) is 0.583. The van der Waals surface area contributed by atoms with E-state index < -0.39 is 9.84 Å². The Labute approximate surface area is 205 Å². The first kappa shape index (κ1) is 23.7. The van der Waals surface area contributed by atoms with Gasteiger partial charge in [-0.2, -0.15) is 0 Å². The number of sulfone groups is 1. The lowest BCUT2D eigenvalue weighted by atomic mass is 10.1. The zero-order valence-corrected chi connectivity index (χ0v) is 21.2. The number of anilines is 1. The summed E-state index contributed by atoms with van der Waals surface area (Å²) in [6.07, 6.45) is 6.98. The molecule has 34 heavy (non-hydrogen) atoms. The van der Waals surface area contributed by atoms with Gasteiger partial charge in [0.25, 0.3) is 0 Å². The summed E-state index contributed by atoms with van der Waals surface area (Å²) in [7, 11) is -3.12. The van der Waals surface area contributed by atoms with Crippen molar-refractivity contribution in [2.24, 2.45) is 4.99 Å². The van der Waals surface area contributed by atoms with Gasteiger partial charge in [-0.3, -0.25) is 14.7 Å². The monoisotopic (exact) mass is 503 g/mol. The number of nitrogens with zero attached hydrogens (tertiary/aromatic N) is 2. The van der Waals surface area contributed by atoms with E-state index in [1.54, 1.807) is 11.8 Å². The largest absolute Gasteiger partial charge is 0.381 e. The molecule has 2 fully saturated rings. The lowest BCUT2D eigenvalue weighted by Gasteiger charge is -2.26. The molecule has 1 aromatic heterocycles. The van der Waals surface area contributed by atoms with Gasteiger partial charge in [0, 0.05) is 43.1 Å². The van der Waals surface area contributed by atoms with Crippen LogP contribution in [-0.4, -0.2) is 79.5 Å². The number of benzene rings is 1. The summed E-state index contributed by atoms with van der Waals surface area (Å²) in [6.45, 7) is 2.98. The second-order valence-electron chi connectivity index (χ2n) is 9.80. The molecule has 0 radical (unpaired) electrons. The summed E-state index contributed by atoms with van der Waals surface area (Å²) in [5, 5.41) is 8.57. The molecule has 0 bridgehead atoms. The third-order valence-electron chi connectivity index (χ3n) is 6.77. The molecule has 1 saturated heterocycles. The lowest BCUT2D eigenvalue weighted by Crippen LogP contribution is -2.48. The Morgan fingerprint density at radius 1 is 1.24 bits per heavy atom. The molecule has 0 unspecified atom stereocenters. The number of rotatable bonds is 8. The Morgan fingerprint density at radius 2 is 2.06 bits per heavy atom. The molecule has 10 heteroatoms. The quantitative estimate of drug-likeness (QED) is 0.512. The van der Waals surface area contributed by atoms with Crippen LogP contribution in [0.1, 0.15) is 43.4 Å². The zero-order chi connectivity index (χ0) is 23.7. The molecule has 2 aliphatic heterocycles. The first-order valence-electron chi connectivity index (χ1n) is 12.1. The highest BCUT2D eigenvalue weighted by Gasteiger charge is 2.24. The van der Waals surface area contributed by atoms with Gasteiger partial charge in [0.1, 0.15) is 5.04 Å². The molecule has 1 amide bonds. The van der Waals surface area contributed by atoms with Crippen molar-refractivity contribution in [2.45, 2.75) is 49.9 Å². The Bertz CT molecular complexity index is 1200. The highest BCUT2D eigenvalue weighted by molar-refractivity contribution is 8.14. The molecule has 2 aromatic rings. The minimum Gasteiger partial charge on any atom is -0.381 e. The van der Waals surface area contributed by atoms with Gasteiger partial charge in [-0.05, 0) is 43.0 Å². The number of amides is 1. The molecule has 3 heterocycles. The van der Waals surface area contributed by atoms with Crippen LogP contribution in [0.25, 0.3) is 10.9 Å². The van der Waals surface area contributed by atoms with Crippen LogP contribution in [0.4, 0.5) is 5.69 Å². The highest BCUT2D eigenvalue weighted by atomic mass is 32.2. The molecule has 3 aliphatic rings. The van der Waals surface area contributed by atoms with Gasteiger partial charge in [-0.1, -0.05) is 12.8 Å². The van der Waals surface area contributed by atoms with Crippen molar-refractivity contribution in [3.05, 3.63) is 29.5 Å². The number of piperazine rings is 1. The zero-order valence-electron chi connectivity index (χ0n) is 19.6. The third-order valence-corrected chi connectivity index (χ3v) is 8.78. The average Bonchev–Trinajstić information content (AvgIpc) is 3.52. The van der Waals surface area contributed by atoms with Crippen molar-refractivity contribution in [1.29, 1.82) is 0 Å². The van der Waals surface area contributed by atoms with Crippen LogP contribution in [0.5, 0.6) is 0 Å². The molecular weight excluding hydrogens is 470 g/mol. The van der Waals surface area contributed by atoms with Gasteiger partial charge in [0.15, 0.2) is 9.84 Å². The minimum absolute atomic E-state index is 0.0368. The Hall–Kier alpha value is -2.04. The number of nitrogens with one attached hydrogen (secondary N) is 3. The van der Waals surface area contributed by atoms with Crippen molar-refractivity contribution < 1.29 is 13.2 Å². The average molecular weight is 504 g/mol. The fourth-order valence-corrected chi connectivity index (χ4v) is 6.99. The Morgan fingerprint density at radius 3 is 2.82 bits per heavy atom. The number of H-pyrrole nitrogens is 1. The van der Waals surface area contributed by atoms with Crippen molar-refractivity contribution in [3.63, 3.8) is 0 Å². The molecular formula is C24H33N5O3S2. The molecule has 1 saturated carbocycles. The number of aromatic nitrogens is 1. The van der Waals surface area contributed by atoms with E-state index in [-0.39, 0.29) is 17.7 Å². The number of hydrogen-bond donors (Lipinski definition) is 3. The van der Waals surface area contributed by atoms with Gasteiger partial charge in [-0.15, -0.1) is 11.8 Å². The van der Waals surface area contributed by atoms with Crippen molar-refractivity contribution in [2.75, 3.05) is 43.5 Å². The Kier molecular flexibility index (Phi) is 6.90. The third kappa shape index (κ3) is 5.78. The van der Waals surface area contributed by atoms with E-state index in [0.29, 0.717) is 12.6 Å². The molecule has 8 nitrogen and oxygen atoms in total. The molecule has 0 spiro atoms. The van der Waals surface area contributed by atoms with Crippen LogP contribution in [-0.2, 0) is 20.4 Å². The van der Waals surface area contributed by atoms with Crippen LogP contribution in [0.3, 0.4) is 0 Å². The van der Waals surface area contributed by atoms with Crippen LogP contribution in [0, 0.1) is 0 Å². The van der Waals surface area contributed by atoms with E-state index in [4.69, 9.17) is 4.99 Å². The molecule has 184 valence electrons. The van der Waals surface area contributed by atoms with E-state index in [0.717, 1.165) is 77.5 Å². The van der Waals surface area contributed by atoms with Gasteiger partial charge in [0.2, 0.25) is 5.91 Å². The molecule has 3 N–H and O–H groups in total. The van der Waals surface area contributed by atoms with E-state index >= 15 is 0 Å². The van der Waals surface area contributed by atoms with Gasteiger partial charge in [0.05, 0.1) is 35.2 Å². The fourth-order valence-electron chi connectivity index (χ4n) is 5.14. The second kappa shape index (κ2) is 9.91. The van der Waals surface area contributed by atoms with Crippen LogP contribution < -0.4 is 10.6 Å². The minimum atomic E-state index is -3.12. The van der Waals surface area contributed by atoms with Gasteiger partial charge in [-0.25, -0.2) is 8.42 Å². The Balaban J connectivity index is 1.35. The topological polar surface area (TPSA) is 107 Å². The van der Waals surface area contributed by atoms with E-state index in [1.165, 1.54) is 19.1 Å². The number of fused-ring (bicyclic) bond motifs is 1. The second-order valence-corrected chi connectivity index (χ2v) is 12.9. The summed E-state index contributed by atoms with van der Waals surface area (Å²) in [5.41, 5.74) is 3.80. The molecule has 1 atom stereocenters. The van der Waals surface area contributed by atoms with Gasteiger partial charge < -0.3 is 15.6 Å². The maximum absolute atomic E-state index is 12.0. The summed E-state index contributed by atoms with van der Waals surface area (Å²) in [4.78, 5) is 22.4. The number of carbonyl (C=O) groups is 1. The smallest absolute Gasteiger partial charge is 0.234 e. The van der Waals surface area contributed by atoms with E-state index in [9.17, 15) is 13.2 Å². The SMILES string of the molecule is CS(=O)(=O)Cc1cc(NC2CCCC2)c2[nH]c(C3=N[C@@H](CCN4CCNC(=O)C4)CS3)cc2c1. The van der Waals surface area contributed by atoms with Crippen LogP contribution in [0.15, 0.2) is 23.2 Å². The maximum atomic E-state index is 12.0. The van der Waals surface area contributed by atoms with E-state index in [2.05, 4.69) is 26.6 Å². The van der Waals surface area contributed by atoms with Crippen molar-refractivity contribution in [3.8, 4) is 0 Å². The van der Waals surface area contributed by atoms with Crippen molar-refractivity contribution in [1.82, 2.24) is 15.2 Å². The summed E-state index contributed by atoms with van der Waals surface area (Å²) in [5.74, 6) is 1.08. The maximum Gasteiger partial charge on any atom is 0.234 e. The highest BCUT2D eigenvalue weighted by Crippen LogP contribution is 2.33. The summed E-state index contributed by atoms with van der Waals surface area (Å²) < 4.78 is 23.9. The molecule has 1 aliphatic carbocycles. The van der Waals surface area contributed by atoms with E-state index in [1.807, 2.05) is 12.1 Å². The number of aromatic amines is 1.